The lowest BCUT2D eigenvalue weighted by Crippen LogP contribution is -2.41. The Labute approximate surface area is 236 Å². The maximum atomic E-state index is 13.1. The minimum absolute atomic E-state index is 0.0155. The quantitative estimate of drug-likeness (QED) is 0.522. The molecule has 0 aliphatic carbocycles. The van der Waals surface area contributed by atoms with Gasteiger partial charge in [0.25, 0.3) is 11.8 Å². The standard InChI is InChI=1S/C31H42N4O5/c1-4-24-26-25(18-31(19-32-27(26)36)12-16-39-17-13-31)35(33-24)20-30(2,3)21-40-29(38)23-10-8-22(9-11-23)28(37)34-14-6-5-7-15-34/h8-11H,4-7,12-21H2,1-3H3,(H,32,36). The third-order valence-corrected chi connectivity index (χ3v) is 8.59. The molecule has 4 heterocycles. The molecular formula is C31H42N4O5. The van der Waals surface area contributed by atoms with E-state index in [4.69, 9.17) is 14.6 Å². The van der Waals surface area contributed by atoms with Crippen molar-refractivity contribution in [1.82, 2.24) is 20.0 Å². The summed E-state index contributed by atoms with van der Waals surface area (Å²) in [5, 5.41) is 8.02. The Balaban J connectivity index is 1.25. The van der Waals surface area contributed by atoms with E-state index in [9.17, 15) is 14.4 Å². The Morgan fingerprint density at radius 1 is 1.07 bits per heavy atom. The molecule has 9 heteroatoms. The van der Waals surface area contributed by atoms with E-state index in [0.29, 0.717) is 49.4 Å². The Bertz CT molecular complexity index is 1240. The number of fused-ring (bicyclic) bond motifs is 1. The van der Waals surface area contributed by atoms with Crippen molar-refractivity contribution in [2.45, 2.75) is 72.3 Å². The number of amides is 2. The van der Waals surface area contributed by atoms with Crippen LogP contribution < -0.4 is 5.32 Å². The van der Waals surface area contributed by atoms with Crippen molar-refractivity contribution in [2.75, 3.05) is 39.5 Å². The highest BCUT2D eigenvalue weighted by Crippen LogP contribution is 2.38. The molecule has 3 aliphatic rings. The van der Waals surface area contributed by atoms with Crippen molar-refractivity contribution < 1.29 is 23.9 Å². The Morgan fingerprint density at radius 2 is 1.75 bits per heavy atom. The van der Waals surface area contributed by atoms with Crippen LogP contribution in [0.3, 0.4) is 0 Å². The fourth-order valence-electron chi connectivity index (χ4n) is 6.13. The molecule has 1 N–H and O–H groups in total. The molecule has 0 atom stereocenters. The highest BCUT2D eigenvalue weighted by molar-refractivity contribution is 5.97. The van der Waals surface area contributed by atoms with Crippen molar-refractivity contribution in [2.24, 2.45) is 10.8 Å². The molecule has 9 nitrogen and oxygen atoms in total. The number of aryl methyl sites for hydroxylation is 1. The molecule has 2 fully saturated rings. The number of ether oxygens (including phenoxy) is 2. The fraction of sp³-hybridized carbons (Fsp3) is 0.613. The molecule has 216 valence electrons. The SMILES string of the molecule is CCc1nn(CC(C)(C)COC(=O)c2ccc(C(=O)N3CCCCC3)cc2)c2c1C(=O)NCC1(CCOCC1)C2. The summed E-state index contributed by atoms with van der Waals surface area (Å²) in [5.74, 6) is -0.450. The molecule has 1 spiro atoms. The summed E-state index contributed by atoms with van der Waals surface area (Å²) < 4.78 is 13.3. The first-order chi connectivity index (χ1) is 19.2. The van der Waals surface area contributed by atoms with Gasteiger partial charge in [-0.05, 0) is 74.6 Å². The highest BCUT2D eigenvalue weighted by Gasteiger charge is 2.40. The van der Waals surface area contributed by atoms with Gasteiger partial charge in [-0.15, -0.1) is 0 Å². The zero-order chi connectivity index (χ0) is 28.3. The Hall–Kier alpha value is -3.20. The summed E-state index contributed by atoms with van der Waals surface area (Å²) in [6, 6.07) is 6.75. The second-order valence-corrected chi connectivity index (χ2v) is 12.4. The molecular weight excluding hydrogens is 508 g/mol. The van der Waals surface area contributed by atoms with Gasteiger partial charge < -0.3 is 19.7 Å². The van der Waals surface area contributed by atoms with Crippen LogP contribution in [0.2, 0.25) is 0 Å². The average molecular weight is 551 g/mol. The van der Waals surface area contributed by atoms with E-state index in [0.717, 1.165) is 56.6 Å². The van der Waals surface area contributed by atoms with Gasteiger partial charge in [-0.3, -0.25) is 14.3 Å². The molecule has 0 unspecified atom stereocenters. The van der Waals surface area contributed by atoms with E-state index in [1.807, 2.05) is 30.4 Å². The number of hydrogen-bond donors (Lipinski definition) is 1. The average Bonchev–Trinajstić information content (AvgIpc) is 3.23. The normalized spacial score (nSPS) is 19.1. The predicted molar refractivity (Wildman–Crippen MR) is 150 cm³/mol. The smallest absolute Gasteiger partial charge is 0.338 e. The number of likely N-dealkylation sites (tertiary alicyclic amines) is 1. The minimum atomic E-state index is -0.420. The maximum Gasteiger partial charge on any atom is 0.338 e. The molecule has 0 radical (unpaired) electrons. The first kappa shape index (κ1) is 28.3. The van der Waals surface area contributed by atoms with Crippen molar-refractivity contribution in [3.63, 3.8) is 0 Å². The second kappa shape index (κ2) is 11.7. The molecule has 0 bridgehead atoms. The van der Waals surface area contributed by atoms with Crippen LogP contribution in [0.1, 0.15) is 95.3 Å². The van der Waals surface area contributed by atoms with E-state index in [-0.39, 0.29) is 23.8 Å². The largest absolute Gasteiger partial charge is 0.461 e. The number of aromatic nitrogens is 2. The van der Waals surface area contributed by atoms with Crippen molar-refractivity contribution in [1.29, 1.82) is 0 Å². The van der Waals surface area contributed by atoms with Gasteiger partial charge >= 0.3 is 5.97 Å². The van der Waals surface area contributed by atoms with Gasteiger partial charge in [-0.2, -0.15) is 5.10 Å². The number of piperidine rings is 1. The minimum Gasteiger partial charge on any atom is -0.461 e. The van der Waals surface area contributed by atoms with Gasteiger partial charge in [0.1, 0.15) is 0 Å². The van der Waals surface area contributed by atoms with Gasteiger partial charge in [0.15, 0.2) is 0 Å². The summed E-state index contributed by atoms with van der Waals surface area (Å²) in [5.41, 5.74) is 3.06. The molecule has 3 aliphatic heterocycles. The third-order valence-electron chi connectivity index (χ3n) is 8.59. The summed E-state index contributed by atoms with van der Waals surface area (Å²) in [4.78, 5) is 40.7. The number of rotatable bonds is 7. The molecule has 2 amide bonds. The van der Waals surface area contributed by atoms with Crippen LogP contribution in [0.25, 0.3) is 0 Å². The number of carbonyl (C=O) groups is 3. The number of nitrogens with zero attached hydrogens (tertiary/aromatic N) is 3. The fourth-order valence-corrected chi connectivity index (χ4v) is 6.13. The number of nitrogens with one attached hydrogen (secondary N) is 1. The number of carbonyl (C=O) groups excluding carboxylic acids is 3. The van der Waals surface area contributed by atoms with Gasteiger partial charge in [-0.25, -0.2) is 4.79 Å². The monoisotopic (exact) mass is 550 g/mol. The molecule has 0 saturated carbocycles. The first-order valence-electron chi connectivity index (χ1n) is 14.7. The van der Waals surface area contributed by atoms with Gasteiger partial charge in [-0.1, -0.05) is 20.8 Å². The number of esters is 1. The predicted octanol–water partition coefficient (Wildman–Crippen LogP) is 4.04. The van der Waals surface area contributed by atoms with E-state index in [1.165, 1.54) is 6.42 Å². The summed E-state index contributed by atoms with van der Waals surface area (Å²) in [6.07, 6.45) is 6.50. The van der Waals surface area contributed by atoms with Crippen LogP contribution in [0.4, 0.5) is 0 Å². The van der Waals surface area contributed by atoms with Gasteiger partial charge in [0, 0.05) is 50.4 Å². The van der Waals surface area contributed by atoms with E-state index >= 15 is 0 Å². The van der Waals surface area contributed by atoms with Crippen LogP contribution in [0.15, 0.2) is 24.3 Å². The van der Waals surface area contributed by atoms with Gasteiger partial charge in [0.05, 0.1) is 29.1 Å². The zero-order valence-electron chi connectivity index (χ0n) is 24.1. The van der Waals surface area contributed by atoms with E-state index < -0.39 is 11.4 Å². The van der Waals surface area contributed by atoms with Crippen LogP contribution in [-0.4, -0.2) is 71.9 Å². The highest BCUT2D eigenvalue weighted by atomic mass is 16.5. The summed E-state index contributed by atoms with van der Waals surface area (Å²) in [6.45, 7) is 10.5. The molecule has 2 aromatic rings. The molecule has 2 saturated heterocycles. The lowest BCUT2D eigenvalue weighted by molar-refractivity contribution is 0.0145. The van der Waals surface area contributed by atoms with Crippen molar-refractivity contribution in [3.05, 3.63) is 52.3 Å². The number of benzene rings is 1. The number of hydrogen-bond acceptors (Lipinski definition) is 6. The summed E-state index contributed by atoms with van der Waals surface area (Å²) >= 11 is 0. The van der Waals surface area contributed by atoms with Crippen LogP contribution in [0.5, 0.6) is 0 Å². The third kappa shape index (κ3) is 6.09. The topological polar surface area (TPSA) is 103 Å². The van der Waals surface area contributed by atoms with Crippen molar-refractivity contribution >= 4 is 17.8 Å². The zero-order valence-corrected chi connectivity index (χ0v) is 24.1. The van der Waals surface area contributed by atoms with Crippen LogP contribution in [0, 0.1) is 10.8 Å². The maximum absolute atomic E-state index is 13.1. The molecule has 40 heavy (non-hydrogen) atoms. The van der Waals surface area contributed by atoms with E-state index in [1.54, 1.807) is 24.3 Å². The lowest BCUT2D eigenvalue weighted by atomic mass is 9.76. The first-order valence-corrected chi connectivity index (χ1v) is 14.7. The Morgan fingerprint density at radius 3 is 2.42 bits per heavy atom. The Kier molecular flexibility index (Phi) is 8.31. The summed E-state index contributed by atoms with van der Waals surface area (Å²) in [7, 11) is 0. The van der Waals surface area contributed by atoms with Crippen molar-refractivity contribution in [3.8, 4) is 0 Å². The van der Waals surface area contributed by atoms with Gasteiger partial charge in [0.2, 0.25) is 0 Å². The lowest BCUT2D eigenvalue weighted by Gasteiger charge is -2.36. The molecule has 1 aromatic heterocycles. The molecule has 5 rings (SSSR count). The second-order valence-electron chi connectivity index (χ2n) is 12.4. The van der Waals surface area contributed by atoms with Crippen LogP contribution in [-0.2, 0) is 28.9 Å². The van der Waals surface area contributed by atoms with Crippen LogP contribution >= 0.6 is 0 Å². The molecule has 1 aromatic carbocycles. The van der Waals surface area contributed by atoms with E-state index in [2.05, 4.69) is 5.32 Å².